The molecule has 0 spiro atoms. The Morgan fingerprint density at radius 2 is 2.24 bits per heavy atom. The third-order valence-electron chi connectivity index (χ3n) is 2.13. The number of hydrogen-bond donors (Lipinski definition) is 2. The number of carbonyl (C=O) groups is 1. The summed E-state index contributed by atoms with van der Waals surface area (Å²) in [6, 6.07) is 3.82. The average molecular weight is 276 g/mol. The maximum absolute atomic E-state index is 11.5. The van der Waals surface area contributed by atoms with Crippen molar-refractivity contribution in [2.45, 2.75) is 19.4 Å². The molecule has 1 heterocycles. The Hall–Kier alpha value is -0.920. The summed E-state index contributed by atoms with van der Waals surface area (Å²) in [5, 5.41) is 4.73. The molecule has 1 aromatic heterocycles. The number of thiophene rings is 1. The fourth-order valence-corrected chi connectivity index (χ4v) is 2.56. The first kappa shape index (κ1) is 14.1. The lowest BCUT2D eigenvalue weighted by atomic mass is 10.2. The van der Waals surface area contributed by atoms with Crippen molar-refractivity contribution in [1.82, 2.24) is 10.0 Å². The van der Waals surface area contributed by atoms with Gasteiger partial charge in [0.05, 0.1) is 18.8 Å². The Kier molecular flexibility index (Phi) is 5.10. The standard InChI is InChI=1S/C10H16N2O3S2/c1-3-8(9-5-4-6-16-9)12-10(13)7-11-17(2,14)15/h4-6,8,11H,3,7H2,1-2H3,(H,12,13)/t8-/m1/s1. The fourth-order valence-electron chi connectivity index (χ4n) is 1.31. The minimum Gasteiger partial charge on any atom is -0.347 e. The predicted octanol–water partition coefficient (Wildman–Crippen LogP) is 0.865. The first-order valence-corrected chi connectivity index (χ1v) is 7.97. The van der Waals surface area contributed by atoms with Gasteiger partial charge in [0.15, 0.2) is 0 Å². The van der Waals surface area contributed by atoms with E-state index in [9.17, 15) is 13.2 Å². The summed E-state index contributed by atoms with van der Waals surface area (Å²) < 4.78 is 23.8. The van der Waals surface area contributed by atoms with Crippen LogP contribution in [0, 0.1) is 0 Å². The van der Waals surface area contributed by atoms with Crippen molar-refractivity contribution in [3.8, 4) is 0 Å². The number of nitrogens with one attached hydrogen (secondary N) is 2. The van der Waals surface area contributed by atoms with Crippen molar-refractivity contribution in [3.05, 3.63) is 22.4 Å². The summed E-state index contributed by atoms with van der Waals surface area (Å²) in [7, 11) is -3.32. The van der Waals surface area contributed by atoms with Gasteiger partial charge < -0.3 is 5.32 Å². The molecule has 1 atom stereocenters. The smallest absolute Gasteiger partial charge is 0.235 e. The third-order valence-corrected chi connectivity index (χ3v) is 3.78. The molecule has 0 saturated carbocycles. The molecule has 0 aromatic carbocycles. The van der Waals surface area contributed by atoms with Crippen LogP contribution in [0.5, 0.6) is 0 Å². The largest absolute Gasteiger partial charge is 0.347 e. The summed E-state index contributed by atoms with van der Waals surface area (Å²) in [6.45, 7) is 1.75. The summed E-state index contributed by atoms with van der Waals surface area (Å²) in [4.78, 5) is 12.6. The molecular formula is C10H16N2O3S2. The zero-order valence-electron chi connectivity index (χ0n) is 9.76. The third kappa shape index (κ3) is 5.29. The van der Waals surface area contributed by atoms with E-state index in [1.165, 1.54) is 0 Å². The van der Waals surface area contributed by atoms with Crippen LogP contribution in [0.25, 0.3) is 0 Å². The summed E-state index contributed by atoms with van der Waals surface area (Å²) in [6.07, 6.45) is 1.79. The molecule has 0 fully saturated rings. The highest BCUT2D eigenvalue weighted by Gasteiger charge is 2.14. The lowest BCUT2D eigenvalue weighted by molar-refractivity contribution is -0.120. The van der Waals surface area contributed by atoms with Crippen LogP contribution in [0.15, 0.2) is 17.5 Å². The van der Waals surface area contributed by atoms with Gasteiger partial charge in [-0.2, -0.15) is 0 Å². The minimum atomic E-state index is -3.32. The molecule has 7 heteroatoms. The van der Waals surface area contributed by atoms with E-state index in [2.05, 4.69) is 10.0 Å². The van der Waals surface area contributed by atoms with Crippen molar-refractivity contribution in [2.75, 3.05) is 12.8 Å². The highest BCUT2D eigenvalue weighted by molar-refractivity contribution is 7.88. The number of amides is 1. The Bertz CT molecular complexity index is 454. The molecule has 96 valence electrons. The van der Waals surface area contributed by atoms with Gasteiger partial charge in [-0.05, 0) is 17.9 Å². The van der Waals surface area contributed by atoms with Crippen LogP contribution < -0.4 is 10.0 Å². The minimum absolute atomic E-state index is 0.0520. The Labute approximate surface area is 105 Å². The second-order valence-electron chi connectivity index (χ2n) is 3.64. The molecule has 1 rings (SSSR count). The molecule has 2 N–H and O–H groups in total. The van der Waals surface area contributed by atoms with Gasteiger partial charge in [-0.3, -0.25) is 4.79 Å². The quantitative estimate of drug-likeness (QED) is 0.809. The van der Waals surface area contributed by atoms with E-state index in [0.29, 0.717) is 0 Å². The highest BCUT2D eigenvalue weighted by Crippen LogP contribution is 2.21. The maximum atomic E-state index is 11.5. The molecular weight excluding hydrogens is 260 g/mol. The number of hydrogen-bond acceptors (Lipinski definition) is 4. The average Bonchev–Trinajstić information content (AvgIpc) is 2.75. The van der Waals surface area contributed by atoms with Gasteiger partial charge in [0, 0.05) is 4.88 Å². The summed E-state index contributed by atoms with van der Waals surface area (Å²) in [5.74, 6) is -0.323. The van der Waals surface area contributed by atoms with Crippen molar-refractivity contribution < 1.29 is 13.2 Å². The van der Waals surface area contributed by atoms with E-state index in [1.54, 1.807) is 11.3 Å². The number of carbonyl (C=O) groups excluding carboxylic acids is 1. The Balaban J connectivity index is 2.49. The maximum Gasteiger partial charge on any atom is 0.235 e. The Morgan fingerprint density at radius 3 is 2.71 bits per heavy atom. The molecule has 0 aliphatic heterocycles. The first-order valence-electron chi connectivity index (χ1n) is 5.19. The van der Waals surface area contributed by atoms with Gasteiger partial charge >= 0.3 is 0 Å². The van der Waals surface area contributed by atoms with E-state index in [-0.39, 0.29) is 18.5 Å². The molecule has 5 nitrogen and oxygen atoms in total. The number of sulfonamides is 1. The summed E-state index contributed by atoms with van der Waals surface area (Å²) in [5.41, 5.74) is 0. The van der Waals surface area contributed by atoms with Gasteiger partial charge in [0.1, 0.15) is 0 Å². The van der Waals surface area contributed by atoms with Crippen LogP contribution in [0.3, 0.4) is 0 Å². The van der Waals surface area contributed by atoms with E-state index >= 15 is 0 Å². The molecule has 0 unspecified atom stereocenters. The lowest BCUT2D eigenvalue weighted by Crippen LogP contribution is -2.37. The van der Waals surface area contributed by atoms with E-state index < -0.39 is 10.0 Å². The van der Waals surface area contributed by atoms with Crippen LogP contribution in [0.4, 0.5) is 0 Å². The monoisotopic (exact) mass is 276 g/mol. The molecule has 1 aromatic rings. The topological polar surface area (TPSA) is 75.3 Å². The van der Waals surface area contributed by atoms with Crippen molar-refractivity contribution >= 4 is 27.3 Å². The van der Waals surface area contributed by atoms with Crippen molar-refractivity contribution in [1.29, 1.82) is 0 Å². The zero-order chi connectivity index (χ0) is 12.9. The molecule has 0 radical (unpaired) electrons. The van der Waals surface area contributed by atoms with Crippen molar-refractivity contribution in [2.24, 2.45) is 0 Å². The van der Waals surface area contributed by atoms with Gasteiger partial charge in [0.2, 0.25) is 15.9 Å². The Morgan fingerprint density at radius 1 is 1.53 bits per heavy atom. The second-order valence-corrected chi connectivity index (χ2v) is 6.45. The van der Waals surface area contributed by atoms with Gasteiger partial charge in [-0.15, -0.1) is 11.3 Å². The summed E-state index contributed by atoms with van der Waals surface area (Å²) >= 11 is 1.57. The van der Waals surface area contributed by atoms with Gasteiger partial charge in [-0.25, -0.2) is 13.1 Å². The molecule has 0 aliphatic rings. The molecule has 0 bridgehead atoms. The van der Waals surface area contributed by atoms with E-state index in [4.69, 9.17) is 0 Å². The van der Waals surface area contributed by atoms with Crippen LogP contribution in [0.2, 0.25) is 0 Å². The molecule has 17 heavy (non-hydrogen) atoms. The van der Waals surface area contributed by atoms with Crippen LogP contribution >= 0.6 is 11.3 Å². The van der Waals surface area contributed by atoms with Crippen LogP contribution in [-0.2, 0) is 14.8 Å². The van der Waals surface area contributed by atoms with Crippen LogP contribution in [0.1, 0.15) is 24.3 Å². The SMILES string of the molecule is CC[C@@H](NC(=O)CNS(C)(=O)=O)c1cccs1. The van der Waals surface area contributed by atoms with Crippen LogP contribution in [-0.4, -0.2) is 27.1 Å². The lowest BCUT2D eigenvalue weighted by Gasteiger charge is -2.15. The number of rotatable bonds is 6. The van der Waals surface area contributed by atoms with Gasteiger partial charge in [0.25, 0.3) is 0 Å². The zero-order valence-corrected chi connectivity index (χ0v) is 11.4. The van der Waals surface area contributed by atoms with Crippen molar-refractivity contribution in [3.63, 3.8) is 0 Å². The van der Waals surface area contributed by atoms with Gasteiger partial charge in [-0.1, -0.05) is 13.0 Å². The fraction of sp³-hybridized carbons (Fsp3) is 0.500. The normalized spacial score (nSPS) is 13.3. The molecule has 0 saturated heterocycles. The predicted molar refractivity (Wildman–Crippen MR) is 68.3 cm³/mol. The van der Waals surface area contributed by atoms with E-state index in [0.717, 1.165) is 17.6 Å². The highest BCUT2D eigenvalue weighted by atomic mass is 32.2. The first-order chi connectivity index (χ1) is 7.92. The molecule has 1 amide bonds. The second kappa shape index (κ2) is 6.13. The molecule has 0 aliphatic carbocycles. The van der Waals surface area contributed by atoms with E-state index in [1.807, 2.05) is 24.4 Å².